The van der Waals surface area contributed by atoms with E-state index < -0.39 is 11.2 Å². The van der Waals surface area contributed by atoms with Crippen molar-refractivity contribution in [3.05, 3.63) is 81.0 Å². The van der Waals surface area contributed by atoms with E-state index in [4.69, 9.17) is 10.5 Å². The number of aromatic amines is 1. The second-order valence-electron chi connectivity index (χ2n) is 7.77. The molecule has 0 saturated heterocycles. The van der Waals surface area contributed by atoms with Crippen LogP contribution in [-0.4, -0.2) is 35.2 Å². The zero-order chi connectivity index (χ0) is 24.5. The van der Waals surface area contributed by atoms with Crippen LogP contribution in [0.25, 0.3) is 0 Å². The SMILES string of the molecule is CCCCN(C(=O)CNc1ccc(OCC)cc1)c1c(N)n(Cc2ccccc2)c(=O)[nH]c1=O. The number of benzene rings is 2. The van der Waals surface area contributed by atoms with Gasteiger partial charge in [0.1, 0.15) is 11.6 Å². The van der Waals surface area contributed by atoms with Crippen LogP contribution in [0.2, 0.25) is 0 Å². The lowest BCUT2D eigenvalue weighted by Gasteiger charge is -2.25. The monoisotopic (exact) mass is 465 g/mol. The highest BCUT2D eigenvalue weighted by Crippen LogP contribution is 2.20. The number of hydrogen-bond acceptors (Lipinski definition) is 6. The van der Waals surface area contributed by atoms with E-state index in [-0.39, 0.29) is 30.5 Å². The Balaban J connectivity index is 1.87. The van der Waals surface area contributed by atoms with Crippen molar-refractivity contribution in [2.45, 2.75) is 33.2 Å². The van der Waals surface area contributed by atoms with Crippen LogP contribution in [0, 0.1) is 0 Å². The molecule has 0 aliphatic heterocycles. The van der Waals surface area contributed by atoms with Crippen LogP contribution in [0.15, 0.2) is 64.2 Å². The van der Waals surface area contributed by atoms with E-state index in [1.165, 1.54) is 9.47 Å². The zero-order valence-corrected chi connectivity index (χ0v) is 19.5. The van der Waals surface area contributed by atoms with Gasteiger partial charge in [0.15, 0.2) is 5.69 Å². The molecule has 1 heterocycles. The maximum absolute atomic E-state index is 13.2. The standard InChI is InChI=1S/C25H31N5O4/c1-3-5-15-29(21(31)16-27-19-11-13-20(14-12-19)34-4-2)22-23(26)30(25(33)28-24(22)32)17-18-9-7-6-8-10-18/h6-14,27H,3-5,15-17,26H2,1-2H3,(H,28,32,33). The molecule has 3 aromatic rings. The summed E-state index contributed by atoms with van der Waals surface area (Å²) in [6, 6.07) is 16.6. The number of carbonyl (C=O) groups excluding carboxylic acids is 1. The maximum atomic E-state index is 13.2. The smallest absolute Gasteiger partial charge is 0.330 e. The Hall–Kier alpha value is -4.01. The molecule has 1 aromatic heterocycles. The van der Waals surface area contributed by atoms with Crippen LogP contribution >= 0.6 is 0 Å². The molecular weight excluding hydrogens is 434 g/mol. The molecule has 0 aliphatic carbocycles. The van der Waals surface area contributed by atoms with Crippen LogP contribution < -0.4 is 31.9 Å². The number of unbranched alkanes of at least 4 members (excludes halogenated alkanes) is 1. The maximum Gasteiger partial charge on any atom is 0.330 e. The Labute approximate surface area is 198 Å². The molecule has 0 radical (unpaired) electrons. The van der Waals surface area contributed by atoms with Gasteiger partial charge in [-0.2, -0.15) is 0 Å². The number of carbonyl (C=O) groups is 1. The molecule has 2 aromatic carbocycles. The average Bonchev–Trinajstić information content (AvgIpc) is 2.84. The highest BCUT2D eigenvalue weighted by Gasteiger charge is 2.24. The molecule has 9 heteroatoms. The van der Waals surface area contributed by atoms with Gasteiger partial charge >= 0.3 is 5.69 Å². The van der Waals surface area contributed by atoms with Gasteiger partial charge in [-0.1, -0.05) is 43.7 Å². The third kappa shape index (κ3) is 6.06. The van der Waals surface area contributed by atoms with Gasteiger partial charge in [-0.05, 0) is 43.2 Å². The molecular formula is C25H31N5O4. The first-order valence-electron chi connectivity index (χ1n) is 11.4. The Kier molecular flexibility index (Phi) is 8.50. The summed E-state index contributed by atoms with van der Waals surface area (Å²) in [6.45, 7) is 4.90. The summed E-state index contributed by atoms with van der Waals surface area (Å²) in [5.41, 5.74) is 6.58. The molecule has 0 unspecified atom stereocenters. The zero-order valence-electron chi connectivity index (χ0n) is 19.5. The number of ether oxygens (including phenoxy) is 1. The lowest BCUT2D eigenvalue weighted by molar-refractivity contribution is -0.117. The normalized spacial score (nSPS) is 10.6. The van der Waals surface area contributed by atoms with Gasteiger partial charge < -0.3 is 20.7 Å². The van der Waals surface area contributed by atoms with Gasteiger partial charge in [0.05, 0.1) is 19.7 Å². The van der Waals surface area contributed by atoms with Crippen molar-refractivity contribution in [1.82, 2.24) is 9.55 Å². The Morgan fingerprint density at radius 3 is 2.44 bits per heavy atom. The van der Waals surface area contributed by atoms with Gasteiger partial charge in [-0.25, -0.2) is 4.79 Å². The number of nitrogens with one attached hydrogen (secondary N) is 2. The molecule has 0 aliphatic rings. The number of nitrogens with zero attached hydrogens (tertiary/aromatic N) is 2. The van der Waals surface area contributed by atoms with Crippen molar-refractivity contribution in [2.75, 3.05) is 35.6 Å². The van der Waals surface area contributed by atoms with E-state index in [1.54, 1.807) is 0 Å². The largest absolute Gasteiger partial charge is 0.494 e. The molecule has 9 nitrogen and oxygen atoms in total. The summed E-state index contributed by atoms with van der Waals surface area (Å²) in [7, 11) is 0. The van der Waals surface area contributed by atoms with E-state index in [2.05, 4.69) is 10.3 Å². The number of H-pyrrole nitrogens is 1. The molecule has 4 N–H and O–H groups in total. The van der Waals surface area contributed by atoms with E-state index in [1.807, 2.05) is 68.4 Å². The highest BCUT2D eigenvalue weighted by molar-refractivity contribution is 5.98. The predicted molar refractivity (Wildman–Crippen MR) is 135 cm³/mol. The quantitative estimate of drug-likeness (QED) is 0.400. The van der Waals surface area contributed by atoms with Crippen molar-refractivity contribution in [3.8, 4) is 5.75 Å². The second kappa shape index (κ2) is 11.7. The van der Waals surface area contributed by atoms with E-state index in [9.17, 15) is 14.4 Å². The number of nitrogen functional groups attached to an aromatic ring is 1. The predicted octanol–water partition coefficient (Wildman–Crippen LogP) is 2.81. The minimum absolute atomic E-state index is 0.0116. The number of anilines is 3. The number of amides is 1. The summed E-state index contributed by atoms with van der Waals surface area (Å²) < 4.78 is 6.71. The van der Waals surface area contributed by atoms with Crippen LogP contribution in [-0.2, 0) is 11.3 Å². The summed E-state index contributed by atoms with van der Waals surface area (Å²) in [4.78, 5) is 42.2. The van der Waals surface area contributed by atoms with Crippen molar-refractivity contribution >= 4 is 23.1 Å². The highest BCUT2D eigenvalue weighted by atomic mass is 16.5. The van der Waals surface area contributed by atoms with E-state index in [0.717, 1.165) is 23.4 Å². The van der Waals surface area contributed by atoms with Crippen LogP contribution in [0.5, 0.6) is 5.75 Å². The first-order valence-corrected chi connectivity index (χ1v) is 11.4. The minimum Gasteiger partial charge on any atom is -0.494 e. The van der Waals surface area contributed by atoms with Crippen molar-refractivity contribution in [1.29, 1.82) is 0 Å². The Morgan fingerprint density at radius 1 is 1.09 bits per heavy atom. The number of nitrogens with two attached hydrogens (primary N) is 1. The fraction of sp³-hybridized carbons (Fsp3) is 0.320. The summed E-state index contributed by atoms with van der Waals surface area (Å²) in [5, 5.41) is 3.08. The lowest BCUT2D eigenvalue weighted by atomic mass is 10.2. The van der Waals surface area contributed by atoms with Crippen molar-refractivity contribution in [3.63, 3.8) is 0 Å². The molecule has 0 atom stereocenters. The molecule has 0 saturated carbocycles. The van der Waals surface area contributed by atoms with E-state index in [0.29, 0.717) is 19.6 Å². The Morgan fingerprint density at radius 2 is 1.79 bits per heavy atom. The fourth-order valence-corrected chi connectivity index (χ4v) is 3.55. The Bertz CT molecular complexity index is 1200. The van der Waals surface area contributed by atoms with Gasteiger partial charge in [0.2, 0.25) is 5.91 Å². The van der Waals surface area contributed by atoms with E-state index >= 15 is 0 Å². The number of aromatic nitrogens is 2. The van der Waals surface area contributed by atoms with Crippen LogP contribution in [0.4, 0.5) is 17.2 Å². The summed E-state index contributed by atoms with van der Waals surface area (Å²) >= 11 is 0. The molecule has 3 rings (SSSR count). The molecule has 0 fully saturated rings. The molecule has 1 amide bonds. The summed E-state index contributed by atoms with van der Waals surface area (Å²) in [6.07, 6.45) is 1.49. The fourth-order valence-electron chi connectivity index (χ4n) is 3.55. The number of rotatable bonds is 11. The third-order valence-corrected chi connectivity index (χ3v) is 5.31. The third-order valence-electron chi connectivity index (χ3n) is 5.31. The first-order chi connectivity index (χ1) is 16.4. The van der Waals surface area contributed by atoms with Crippen LogP contribution in [0.1, 0.15) is 32.3 Å². The van der Waals surface area contributed by atoms with Crippen molar-refractivity contribution < 1.29 is 9.53 Å². The molecule has 34 heavy (non-hydrogen) atoms. The van der Waals surface area contributed by atoms with Gasteiger partial charge in [-0.3, -0.25) is 19.1 Å². The topological polar surface area (TPSA) is 122 Å². The van der Waals surface area contributed by atoms with Crippen LogP contribution in [0.3, 0.4) is 0 Å². The summed E-state index contributed by atoms with van der Waals surface area (Å²) in [5.74, 6) is 0.372. The van der Waals surface area contributed by atoms with Crippen molar-refractivity contribution in [2.24, 2.45) is 0 Å². The number of hydrogen-bond donors (Lipinski definition) is 3. The van der Waals surface area contributed by atoms with Gasteiger partial charge in [0, 0.05) is 12.2 Å². The molecule has 0 spiro atoms. The lowest BCUT2D eigenvalue weighted by Crippen LogP contribution is -2.43. The average molecular weight is 466 g/mol. The molecule has 180 valence electrons. The van der Waals surface area contributed by atoms with Gasteiger partial charge in [-0.15, -0.1) is 0 Å². The van der Waals surface area contributed by atoms with Gasteiger partial charge in [0.25, 0.3) is 5.56 Å². The minimum atomic E-state index is -0.683. The first kappa shape index (κ1) is 24.6. The molecule has 0 bridgehead atoms. The second-order valence-corrected chi connectivity index (χ2v) is 7.77.